The van der Waals surface area contributed by atoms with Crippen LogP contribution in [0.25, 0.3) is 5.69 Å². The predicted octanol–water partition coefficient (Wildman–Crippen LogP) is 3.71. The second-order valence-electron chi connectivity index (χ2n) is 5.68. The van der Waals surface area contributed by atoms with Gasteiger partial charge in [0, 0.05) is 24.2 Å². The Morgan fingerprint density at radius 3 is 2.71 bits per heavy atom. The van der Waals surface area contributed by atoms with E-state index in [2.05, 4.69) is 5.32 Å². The second kappa shape index (κ2) is 5.65. The highest BCUT2D eigenvalue weighted by Crippen LogP contribution is 2.42. The molecule has 0 saturated carbocycles. The molecular weight excluding hydrogens is 324 g/mol. The van der Waals surface area contributed by atoms with E-state index < -0.39 is 5.97 Å². The number of carboxylic acid groups (broad SMARTS) is 1. The first-order valence-electron chi connectivity index (χ1n) is 7.51. The number of carbonyl (C=O) groups excluding carboxylic acids is 1. The molecule has 2 N–H and O–H groups in total. The number of benzene rings is 1. The average molecular weight is 338 g/mol. The molecule has 0 spiro atoms. The van der Waals surface area contributed by atoms with Crippen molar-refractivity contribution in [3.05, 3.63) is 70.2 Å². The number of amides is 1. The van der Waals surface area contributed by atoms with Gasteiger partial charge >= 0.3 is 5.97 Å². The van der Waals surface area contributed by atoms with Gasteiger partial charge in [0.1, 0.15) is 5.56 Å². The van der Waals surface area contributed by atoms with E-state index in [1.54, 1.807) is 17.5 Å². The minimum atomic E-state index is -1.05. The van der Waals surface area contributed by atoms with Gasteiger partial charge in [-0.15, -0.1) is 0 Å². The van der Waals surface area contributed by atoms with E-state index in [1.807, 2.05) is 51.7 Å². The lowest BCUT2D eigenvalue weighted by Gasteiger charge is -2.25. The number of para-hydroxylation sites is 1. The molecule has 0 bridgehead atoms. The topological polar surface area (TPSA) is 71.3 Å². The molecule has 4 rings (SSSR count). The molecule has 0 radical (unpaired) electrons. The molecule has 1 unspecified atom stereocenters. The third kappa shape index (κ3) is 2.32. The van der Waals surface area contributed by atoms with Gasteiger partial charge in [0.15, 0.2) is 0 Å². The van der Waals surface area contributed by atoms with Gasteiger partial charge in [0.2, 0.25) is 5.91 Å². The predicted molar refractivity (Wildman–Crippen MR) is 92.1 cm³/mol. The highest BCUT2D eigenvalue weighted by molar-refractivity contribution is 7.08. The maximum Gasteiger partial charge on any atom is 0.339 e. The molecule has 5 nitrogen and oxygen atoms in total. The summed E-state index contributed by atoms with van der Waals surface area (Å²) in [7, 11) is 0. The number of aromatic nitrogens is 1. The van der Waals surface area contributed by atoms with Crippen LogP contribution in [-0.2, 0) is 4.79 Å². The van der Waals surface area contributed by atoms with Gasteiger partial charge in [-0.05, 0) is 34.5 Å². The SMILES string of the molecule is O=C1CC(c2ccsc2)c2c(c(C(=O)O)cn2-c2ccccc2)N1. The number of nitrogens with one attached hydrogen (secondary N) is 1. The van der Waals surface area contributed by atoms with Crippen LogP contribution in [0.2, 0.25) is 0 Å². The summed E-state index contributed by atoms with van der Waals surface area (Å²) in [5.74, 6) is -1.37. The molecule has 1 aromatic carbocycles. The summed E-state index contributed by atoms with van der Waals surface area (Å²) in [4.78, 5) is 23.8. The Morgan fingerprint density at radius 2 is 2.04 bits per heavy atom. The molecule has 120 valence electrons. The van der Waals surface area contributed by atoms with Crippen LogP contribution in [0.4, 0.5) is 5.69 Å². The second-order valence-corrected chi connectivity index (χ2v) is 6.46. The summed E-state index contributed by atoms with van der Waals surface area (Å²) >= 11 is 1.57. The molecular formula is C18H14N2O3S. The van der Waals surface area contributed by atoms with Crippen LogP contribution in [0, 0.1) is 0 Å². The summed E-state index contributed by atoms with van der Waals surface area (Å²) in [6.07, 6.45) is 1.90. The number of carbonyl (C=O) groups is 2. The van der Waals surface area contributed by atoms with Crippen molar-refractivity contribution < 1.29 is 14.7 Å². The molecule has 0 saturated heterocycles. The minimum absolute atomic E-state index is 0.113. The molecule has 1 aliphatic rings. The zero-order chi connectivity index (χ0) is 16.7. The first kappa shape index (κ1) is 14.7. The van der Waals surface area contributed by atoms with Crippen molar-refractivity contribution in [2.24, 2.45) is 0 Å². The zero-order valence-electron chi connectivity index (χ0n) is 12.6. The Bertz CT molecular complexity index is 913. The smallest absolute Gasteiger partial charge is 0.339 e. The van der Waals surface area contributed by atoms with Crippen LogP contribution in [0.5, 0.6) is 0 Å². The molecule has 6 heteroatoms. The van der Waals surface area contributed by atoms with E-state index in [9.17, 15) is 14.7 Å². The molecule has 1 amide bonds. The number of carboxylic acids is 1. The third-order valence-corrected chi connectivity index (χ3v) is 4.94. The van der Waals surface area contributed by atoms with E-state index in [0.29, 0.717) is 12.1 Å². The number of thiophene rings is 1. The van der Waals surface area contributed by atoms with E-state index in [-0.39, 0.29) is 17.4 Å². The maximum atomic E-state index is 12.1. The van der Waals surface area contributed by atoms with Crippen LogP contribution in [0.1, 0.15) is 34.0 Å². The largest absolute Gasteiger partial charge is 0.478 e. The molecule has 3 heterocycles. The van der Waals surface area contributed by atoms with Gasteiger partial charge in [-0.2, -0.15) is 11.3 Å². The number of hydrogen-bond donors (Lipinski definition) is 2. The van der Waals surface area contributed by atoms with Crippen molar-refractivity contribution in [1.82, 2.24) is 4.57 Å². The van der Waals surface area contributed by atoms with E-state index in [1.165, 1.54) is 0 Å². The molecule has 1 aliphatic heterocycles. The molecule has 3 aromatic rings. The van der Waals surface area contributed by atoms with Crippen molar-refractivity contribution in [3.63, 3.8) is 0 Å². The van der Waals surface area contributed by atoms with Crippen molar-refractivity contribution in [3.8, 4) is 5.69 Å². The first-order chi connectivity index (χ1) is 11.6. The van der Waals surface area contributed by atoms with E-state index in [0.717, 1.165) is 16.9 Å². The molecule has 0 aliphatic carbocycles. The van der Waals surface area contributed by atoms with Gasteiger partial charge in [-0.25, -0.2) is 4.79 Å². The van der Waals surface area contributed by atoms with Gasteiger partial charge in [-0.1, -0.05) is 18.2 Å². The van der Waals surface area contributed by atoms with E-state index in [4.69, 9.17) is 0 Å². The Labute approximate surface area is 142 Å². The van der Waals surface area contributed by atoms with Crippen LogP contribution in [0.3, 0.4) is 0 Å². The fourth-order valence-electron chi connectivity index (χ4n) is 3.18. The average Bonchev–Trinajstić information content (AvgIpc) is 3.22. The van der Waals surface area contributed by atoms with Crippen LogP contribution in [0.15, 0.2) is 53.4 Å². The lowest BCUT2D eigenvalue weighted by Crippen LogP contribution is -2.25. The quantitative estimate of drug-likeness (QED) is 0.765. The van der Waals surface area contributed by atoms with Crippen LogP contribution >= 0.6 is 11.3 Å². The maximum absolute atomic E-state index is 12.1. The zero-order valence-corrected chi connectivity index (χ0v) is 13.4. The Morgan fingerprint density at radius 1 is 1.25 bits per heavy atom. The van der Waals surface area contributed by atoms with Crippen molar-refractivity contribution in [2.75, 3.05) is 5.32 Å². The highest BCUT2D eigenvalue weighted by Gasteiger charge is 2.34. The lowest BCUT2D eigenvalue weighted by atomic mass is 9.90. The summed E-state index contributed by atoms with van der Waals surface area (Å²) < 4.78 is 1.88. The minimum Gasteiger partial charge on any atom is -0.478 e. The molecule has 0 fully saturated rings. The monoisotopic (exact) mass is 338 g/mol. The standard InChI is InChI=1S/C18H14N2O3S/c21-15-8-13(11-6-7-24-10-11)17-16(19-15)14(18(22)23)9-20(17)12-4-2-1-3-5-12/h1-7,9-10,13H,8H2,(H,19,21)(H,22,23). The molecule has 1 atom stereocenters. The van der Waals surface area contributed by atoms with Crippen LogP contribution < -0.4 is 5.32 Å². The Hall–Kier alpha value is -2.86. The number of anilines is 1. The number of hydrogen-bond acceptors (Lipinski definition) is 3. The summed E-state index contributed by atoms with van der Waals surface area (Å²) in [6, 6.07) is 11.6. The van der Waals surface area contributed by atoms with Crippen molar-refractivity contribution in [2.45, 2.75) is 12.3 Å². The Balaban J connectivity index is 1.98. The van der Waals surface area contributed by atoms with Crippen molar-refractivity contribution in [1.29, 1.82) is 0 Å². The first-order valence-corrected chi connectivity index (χ1v) is 8.45. The van der Waals surface area contributed by atoms with E-state index >= 15 is 0 Å². The van der Waals surface area contributed by atoms with Gasteiger partial charge in [-0.3, -0.25) is 4.79 Å². The normalized spacial score (nSPS) is 16.5. The lowest BCUT2D eigenvalue weighted by molar-refractivity contribution is -0.116. The number of aromatic carboxylic acids is 1. The van der Waals surface area contributed by atoms with Gasteiger partial charge < -0.3 is 15.0 Å². The van der Waals surface area contributed by atoms with Crippen molar-refractivity contribution >= 4 is 28.9 Å². The summed E-state index contributed by atoms with van der Waals surface area (Å²) in [6.45, 7) is 0. The molecule has 24 heavy (non-hydrogen) atoms. The number of rotatable bonds is 3. The third-order valence-electron chi connectivity index (χ3n) is 4.24. The highest BCUT2D eigenvalue weighted by atomic mass is 32.1. The number of nitrogens with zero attached hydrogens (tertiary/aromatic N) is 1. The fourth-order valence-corrected chi connectivity index (χ4v) is 3.90. The molecule has 2 aromatic heterocycles. The van der Waals surface area contributed by atoms with Gasteiger partial charge in [0.25, 0.3) is 0 Å². The van der Waals surface area contributed by atoms with Crippen LogP contribution in [-0.4, -0.2) is 21.6 Å². The van der Waals surface area contributed by atoms with Gasteiger partial charge in [0.05, 0.1) is 11.4 Å². The fraction of sp³-hybridized carbons (Fsp3) is 0.111. The number of fused-ring (bicyclic) bond motifs is 1. The Kier molecular flexibility index (Phi) is 3.46. The summed E-state index contributed by atoms with van der Waals surface area (Å²) in [5, 5.41) is 16.3. The summed E-state index contributed by atoms with van der Waals surface area (Å²) in [5.41, 5.74) is 3.23.